The molecule has 0 aliphatic carbocycles. The molecule has 0 atom stereocenters. The summed E-state index contributed by atoms with van der Waals surface area (Å²) in [5.74, 6) is -0.103. The molecule has 2 N–H and O–H groups in total. The fraction of sp³-hybridized carbons (Fsp3) is 0.462. The first-order chi connectivity index (χ1) is 7.66. The van der Waals surface area contributed by atoms with Crippen molar-refractivity contribution in [3.05, 3.63) is 35.9 Å². The van der Waals surface area contributed by atoms with Gasteiger partial charge < -0.3 is 10.4 Å². The highest BCUT2D eigenvalue weighted by Crippen LogP contribution is 1.92. The molecule has 0 spiro atoms. The summed E-state index contributed by atoms with van der Waals surface area (Å²) in [7, 11) is 0. The number of hydrogen-bond donors (Lipinski definition) is 2. The fourth-order valence-corrected chi connectivity index (χ4v) is 0.766. The normalized spacial score (nSPS) is 7.81. The average molecular weight is 225 g/mol. The molecule has 0 saturated heterocycles. The highest BCUT2D eigenvalue weighted by molar-refractivity contribution is 5.72. The lowest BCUT2D eigenvalue weighted by atomic mass is 10.2. The minimum absolute atomic E-state index is 0.0135. The number of aryl methyl sites for hydroxylation is 1. The summed E-state index contributed by atoms with van der Waals surface area (Å²) in [5, 5.41) is 10.5. The second kappa shape index (κ2) is 13.7. The molecule has 3 heteroatoms. The van der Waals surface area contributed by atoms with E-state index in [2.05, 4.69) is 24.4 Å². The first-order valence-electron chi connectivity index (χ1n) is 5.53. The number of benzene rings is 1. The van der Waals surface area contributed by atoms with Gasteiger partial charge in [-0.2, -0.15) is 0 Å². The first-order valence-corrected chi connectivity index (χ1v) is 5.53. The topological polar surface area (TPSA) is 49.3 Å². The van der Waals surface area contributed by atoms with Crippen LogP contribution in [0.3, 0.4) is 0 Å². The van der Waals surface area contributed by atoms with Crippen molar-refractivity contribution in [2.45, 2.75) is 27.7 Å². The smallest absolute Gasteiger partial charge is 0.216 e. The minimum Gasteiger partial charge on any atom is -0.395 e. The van der Waals surface area contributed by atoms with E-state index in [1.54, 1.807) is 0 Å². The zero-order chi connectivity index (χ0) is 12.8. The van der Waals surface area contributed by atoms with E-state index in [-0.39, 0.29) is 12.5 Å². The number of nitrogens with one attached hydrogen (secondary N) is 1. The van der Waals surface area contributed by atoms with Crippen LogP contribution in [0.2, 0.25) is 0 Å². The van der Waals surface area contributed by atoms with Gasteiger partial charge in [-0.3, -0.25) is 4.79 Å². The molecule has 3 nitrogen and oxygen atoms in total. The Morgan fingerprint density at radius 3 is 1.94 bits per heavy atom. The molecule has 0 aliphatic rings. The molecule has 1 rings (SSSR count). The van der Waals surface area contributed by atoms with Crippen molar-refractivity contribution in [2.75, 3.05) is 13.2 Å². The van der Waals surface area contributed by atoms with Gasteiger partial charge in [0.15, 0.2) is 0 Å². The molecule has 0 radical (unpaired) electrons. The van der Waals surface area contributed by atoms with E-state index in [1.807, 2.05) is 32.0 Å². The van der Waals surface area contributed by atoms with Gasteiger partial charge in [-0.15, -0.1) is 0 Å². The van der Waals surface area contributed by atoms with Crippen molar-refractivity contribution < 1.29 is 9.90 Å². The van der Waals surface area contributed by atoms with Gasteiger partial charge in [0.1, 0.15) is 0 Å². The molecule has 0 unspecified atom stereocenters. The Labute approximate surface area is 98.5 Å². The quantitative estimate of drug-likeness (QED) is 0.810. The van der Waals surface area contributed by atoms with E-state index in [1.165, 1.54) is 12.5 Å². The third-order valence-corrected chi connectivity index (χ3v) is 1.43. The van der Waals surface area contributed by atoms with E-state index in [0.29, 0.717) is 6.54 Å². The Morgan fingerprint density at radius 1 is 1.25 bits per heavy atom. The Kier molecular flexibility index (Phi) is 14.6. The number of carbonyl (C=O) groups excluding carboxylic acids is 1. The summed E-state index contributed by atoms with van der Waals surface area (Å²) in [5.41, 5.74) is 1.32. The molecular formula is C13H23NO2. The van der Waals surface area contributed by atoms with E-state index < -0.39 is 0 Å². The van der Waals surface area contributed by atoms with Gasteiger partial charge in [-0.25, -0.2) is 0 Å². The lowest BCUT2D eigenvalue weighted by Crippen LogP contribution is -2.22. The second-order valence-electron chi connectivity index (χ2n) is 2.86. The molecule has 1 aromatic carbocycles. The number of carbonyl (C=O) groups is 1. The van der Waals surface area contributed by atoms with E-state index >= 15 is 0 Å². The average Bonchev–Trinajstić information content (AvgIpc) is 2.31. The summed E-state index contributed by atoms with van der Waals surface area (Å²) in [4.78, 5) is 9.98. The maximum absolute atomic E-state index is 9.98. The molecule has 16 heavy (non-hydrogen) atoms. The van der Waals surface area contributed by atoms with Crippen LogP contribution >= 0.6 is 0 Å². The van der Waals surface area contributed by atoms with E-state index in [4.69, 9.17) is 5.11 Å². The van der Waals surface area contributed by atoms with Crippen molar-refractivity contribution in [2.24, 2.45) is 0 Å². The third kappa shape index (κ3) is 15.1. The molecule has 0 fully saturated rings. The van der Waals surface area contributed by atoms with Crippen LogP contribution < -0.4 is 5.32 Å². The second-order valence-corrected chi connectivity index (χ2v) is 2.86. The van der Waals surface area contributed by atoms with Gasteiger partial charge in [0.2, 0.25) is 5.91 Å². The number of aliphatic hydroxyl groups is 1. The van der Waals surface area contributed by atoms with Crippen LogP contribution in [0.5, 0.6) is 0 Å². The summed E-state index contributed by atoms with van der Waals surface area (Å²) in [6.07, 6.45) is 0. The summed E-state index contributed by atoms with van der Waals surface area (Å²) in [6, 6.07) is 10.3. The monoisotopic (exact) mass is 225 g/mol. The lowest BCUT2D eigenvalue weighted by Gasteiger charge is -1.93. The third-order valence-electron chi connectivity index (χ3n) is 1.43. The van der Waals surface area contributed by atoms with Gasteiger partial charge in [0, 0.05) is 13.5 Å². The lowest BCUT2D eigenvalue weighted by molar-refractivity contribution is -0.119. The van der Waals surface area contributed by atoms with Crippen molar-refractivity contribution in [3.63, 3.8) is 0 Å². The van der Waals surface area contributed by atoms with Gasteiger partial charge in [0.05, 0.1) is 6.61 Å². The van der Waals surface area contributed by atoms with Crippen LogP contribution in [-0.4, -0.2) is 24.2 Å². The van der Waals surface area contributed by atoms with Crippen LogP contribution in [0.4, 0.5) is 0 Å². The summed E-state index contributed by atoms with van der Waals surface area (Å²) in [6.45, 7) is 7.87. The standard InChI is InChI=1S/C7H8.C4H9NO2.C2H6/c1-7-5-3-2-4-6-7;1-4(7)5-2-3-6;1-2/h2-6H,1H3;6H,2-3H2,1H3,(H,5,7);1-2H3. The number of aliphatic hydroxyl groups excluding tert-OH is 1. The SMILES string of the molecule is CC.CC(=O)NCCO.Cc1ccccc1. The van der Waals surface area contributed by atoms with Gasteiger partial charge >= 0.3 is 0 Å². The van der Waals surface area contributed by atoms with Gasteiger partial charge in [0.25, 0.3) is 0 Å². The highest BCUT2D eigenvalue weighted by Gasteiger charge is 1.83. The Hall–Kier alpha value is -1.35. The van der Waals surface area contributed by atoms with Crippen LogP contribution in [0.1, 0.15) is 26.3 Å². The van der Waals surface area contributed by atoms with E-state index in [9.17, 15) is 4.79 Å². The summed E-state index contributed by atoms with van der Waals surface area (Å²) < 4.78 is 0. The molecule has 1 aromatic rings. The van der Waals surface area contributed by atoms with E-state index in [0.717, 1.165) is 0 Å². The predicted molar refractivity (Wildman–Crippen MR) is 68.3 cm³/mol. The number of hydrogen-bond acceptors (Lipinski definition) is 2. The van der Waals surface area contributed by atoms with Gasteiger partial charge in [-0.1, -0.05) is 49.7 Å². The molecule has 0 saturated carbocycles. The largest absolute Gasteiger partial charge is 0.395 e. The Morgan fingerprint density at radius 2 is 1.75 bits per heavy atom. The van der Waals surface area contributed by atoms with Crippen molar-refractivity contribution >= 4 is 5.91 Å². The molecule has 92 valence electrons. The van der Waals surface area contributed by atoms with Crippen molar-refractivity contribution in [1.29, 1.82) is 0 Å². The van der Waals surface area contributed by atoms with Crippen LogP contribution in [0.25, 0.3) is 0 Å². The highest BCUT2D eigenvalue weighted by atomic mass is 16.3. The predicted octanol–water partition coefficient (Wildman–Crippen LogP) is 2.14. The maximum atomic E-state index is 9.98. The first kappa shape index (κ1) is 17.1. The molecular weight excluding hydrogens is 202 g/mol. The maximum Gasteiger partial charge on any atom is 0.216 e. The number of rotatable bonds is 2. The van der Waals surface area contributed by atoms with Crippen molar-refractivity contribution in [3.8, 4) is 0 Å². The Balaban J connectivity index is 0. The molecule has 0 heterocycles. The molecule has 0 aromatic heterocycles. The fourth-order valence-electron chi connectivity index (χ4n) is 0.766. The Bertz CT molecular complexity index is 247. The van der Waals surface area contributed by atoms with Crippen LogP contribution in [0, 0.1) is 6.92 Å². The molecule has 0 aliphatic heterocycles. The minimum atomic E-state index is -0.103. The van der Waals surface area contributed by atoms with Crippen LogP contribution in [0.15, 0.2) is 30.3 Å². The number of amides is 1. The zero-order valence-corrected chi connectivity index (χ0v) is 10.7. The molecule has 1 amide bonds. The van der Waals surface area contributed by atoms with Crippen molar-refractivity contribution in [1.82, 2.24) is 5.32 Å². The van der Waals surface area contributed by atoms with Gasteiger partial charge in [-0.05, 0) is 6.92 Å². The zero-order valence-electron chi connectivity index (χ0n) is 10.7. The molecule has 0 bridgehead atoms. The van der Waals surface area contributed by atoms with Crippen LogP contribution in [-0.2, 0) is 4.79 Å². The summed E-state index contributed by atoms with van der Waals surface area (Å²) >= 11 is 0.